The zero-order chi connectivity index (χ0) is 20.5. The van der Waals surface area contributed by atoms with Crippen molar-refractivity contribution < 1.29 is 19.2 Å². The Morgan fingerprint density at radius 1 is 1.21 bits per heavy atom. The van der Waals surface area contributed by atoms with Crippen LogP contribution in [0.3, 0.4) is 0 Å². The molecular weight excluding hydrogens is 394 g/mol. The summed E-state index contributed by atoms with van der Waals surface area (Å²) in [7, 11) is 0. The summed E-state index contributed by atoms with van der Waals surface area (Å²) in [5.74, 6) is -1.13. The Kier molecular flexibility index (Phi) is 5.24. The average Bonchev–Trinajstić information content (AvgIpc) is 3.02. The van der Waals surface area contributed by atoms with E-state index in [1.165, 1.54) is 0 Å². The molecule has 7 nitrogen and oxygen atoms in total. The maximum Gasteiger partial charge on any atom is 0.253 e. The Hall–Kier alpha value is -2.93. The molecule has 2 aliphatic heterocycles. The van der Waals surface area contributed by atoms with Gasteiger partial charge in [0.05, 0.1) is 10.6 Å². The summed E-state index contributed by atoms with van der Waals surface area (Å²) >= 11 is 6.06. The number of rotatable bonds is 4. The quantitative estimate of drug-likeness (QED) is 0.733. The highest BCUT2D eigenvalue weighted by Gasteiger charge is 2.43. The highest BCUT2D eigenvalue weighted by Crippen LogP contribution is 2.35. The number of hydrogen-bond donors (Lipinski definition) is 2. The number of benzene rings is 1. The molecule has 0 radical (unpaired) electrons. The van der Waals surface area contributed by atoms with E-state index in [1.54, 1.807) is 35.2 Å². The summed E-state index contributed by atoms with van der Waals surface area (Å²) in [6.45, 7) is 0.795. The Morgan fingerprint density at radius 3 is 2.76 bits per heavy atom. The fourth-order valence-electron chi connectivity index (χ4n) is 4.05. The summed E-state index contributed by atoms with van der Waals surface area (Å²) < 4.78 is 0. The van der Waals surface area contributed by atoms with Crippen LogP contribution in [-0.2, 0) is 14.4 Å². The van der Waals surface area contributed by atoms with Gasteiger partial charge in [-0.2, -0.15) is 0 Å². The van der Waals surface area contributed by atoms with Crippen molar-refractivity contribution in [1.82, 2.24) is 15.5 Å². The number of nitrogens with one attached hydrogen (secondary N) is 2. The molecule has 2 saturated heterocycles. The molecule has 150 valence electrons. The number of carbonyl (C=O) groups excluding carboxylic acids is 4. The minimum atomic E-state index is -0.602. The largest absolute Gasteiger partial charge is 0.348 e. The molecule has 4 rings (SSSR count). The molecule has 0 spiro atoms. The number of imide groups is 1. The second-order valence-corrected chi connectivity index (χ2v) is 7.84. The topological polar surface area (TPSA) is 95.6 Å². The first kappa shape index (κ1) is 19.4. The van der Waals surface area contributed by atoms with Crippen LogP contribution in [0.4, 0.5) is 0 Å². The van der Waals surface area contributed by atoms with E-state index in [2.05, 4.69) is 10.6 Å². The highest BCUT2D eigenvalue weighted by molar-refractivity contribution is 6.33. The molecule has 0 saturated carbocycles. The van der Waals surface area contributed by atoms with Crippen LogP contribution in [0.15, 0.2) is 47.6 Å². The second-order valence-electron chi connectivity index (χ2n) is 7.43. The van der Waals surface area contributed by atoms with Crippen LogP contribution in [-0.4, -0.2) is 47.7 Å². The summed E-state index contributed by atoms with van der Waals surface area (Å²) in [5, 5.41) is 5.57. The normalized spacial score (nSPS) is 23.9. The van der Waals surface area contributed by atoms with Gasteiger partial charge in [-0.15, -0.1) is 0 Å². The fourth-order valence-corrected chi connectivity index (χ4v) is 4.27. The first-order valence-corrected chi connectivity index (χ1v) is 9.89. The van der Waals surface area contributed by atoms with E-state index in [4.69, 9.17) is 11.6 Å². The third-order valence-corrected chi connectivity index (χ3v) is 5.88. The minimum absolute atomic E-state index is 0.0230. The number of nitrogens with zero attached hydrogens (tertiary/aromatic N) is 1. The lowest BCUT2D eigenvalue weighted by atomic mass is 9.89. The van der Waals surface area contributed by atoms with Crippen molar-refractivity contribution in [2.45, 2.75) is 25.3 Å². The molecular formula is C21H20ClN3O4. The lowest BCUT2D eigenvalue weighted by molar-refractivity contribution is -0.142. The molecule has 0 aromatic heterocycles. The van der Waals surface area contributed by atoms with Crippen LogP contribution in [0.2, 0.25) is 5.02 Å². The van der Waals surface area contributed by atoms with Gasteiger partial charge in [0.2, 0.25) is 11.8 Å². The van der Waals surface area contributed by atoms with Gasteiger partial charge in [0, 0.05) is 31.0 Å². The molecule has 1 aromatic carbocycles. The monoisotopic (exact) mass is 413 g/mol. The van der Waals surface area contributed by atoms with Gasteiger partial charge in [0.1, 0.15) is 6.04 Å². The van der Waals surface area contributed by atoms with Gasteiger partial charge in [-0.05, 0) is 25.0 Å². The van der Waals surface area contributed by atoms with Gasteiger partial charge in [0.15, 0.2) is 0 Å². The highest BCUT2D eigenvalue weighted by atomic mass is 35.5. The molecule has 2 heterocycles. The third kappa shape index (κ3) is 3.82. The van der Waals surface area contributed by atoms with E-state index >= 15 is 0 Å². The standard InChI is InChI=1S/C21H20ClN3O4/c22-16-4-2-1-3-15(16)19(27)23-10-12-5-6-14-13(9-12)11-25(21(14)29)17-7-8-18(26)24-20(17)28/h1-6,13,17H,7-11H2,(H,23,27)(H,24,26,28). The number of fused-ring (bicyclic) bond motifs is 1. The number of hydrogen-bond acceptors (Lipinski definition) is 4. The number of likely N-dealkylation sites (tertiary alicyclic amines) is 1. The van der Waals surface area contributed by atoms with Gasteiger partial charge in [0.25, 0.3) is 11.8 Å². The first-order valence-electron chi connectivity index (χ1n) is 9.51. The van der Waals surface area contributed by atoms with Crippen molar-refractivity contribution in [1.29, 1.82) is 0 Å². The Bertz CT molecular complexity index is 968. The second kappa shape index (κ2) is 7.83. The van der Waals surface area contributed by atoms with E-state index in [0.29, 0.717) is 42.1 Å². The van der Waals surface area contributed by atoms with Crippen LogP contribution in [0.5, 0.6) is 0 Å². The van der Waals surface area contributed by atoms with Gasteiger partial charge in [-0.1, -0.05) is 41.5 Å². The number of allylic oxidation sites excluding steroid dienone is 2. The van der Waals surface area contributed by atoms with Crippen molar-refractivity contribution in [2.75, 3.05) is 13.1 Å². The lowest BCUT2D eigenvalue weighted by Gasteiger charge is -2.29. The van der Waals surface area contributed by atoms with Gasteiger partial charge in [-0.3, -0.25) is 24.5 Å². The lowest BCUT2D eigenvalue weighted by Crippen LogP contribution is -2.53. The summed E-state index contributed by atoms with van der Waals surface area (Å²) in [6.07, 6.45) is 4.85. The molecule has 0 bridgehead atoms. The molecule has 2 atom stereocenters. The molecule has 3 aliphatic rings. The average molecular weight is 414 g/mol. The maximum absolute atomic E-state index is 12.7. The number of carbonyl (C=O) groups is 4. The van der Waals surface area contributed by atoms with Crippen molar-refractivity contribution in [3.8, 4) is 0 Å². The van der Waals surface area contributed by atoms with E-state index in [0.717, 1.165) is 5.57 Å². The van der Waals surface area contributed by atoms with E-state index in [-0.39, 0.29) is 30.1 Å². The number of amides is 4. The third-order valence-electron chi connectivity index (χ3n) is 5.55. The van der Waals surface area contributed by atoms with Crippen LogP contribution in [0.1, 0.15) is 29.6 Å². The predicted octanol–water partition coefficient (Wildman–Crippen LogP) is 1.59. The zero-order valence-corrected chi connectivity index (χ0v) is 16.4. The van der Waals surface area contributed by atoms with Crippen molar-refractivity contribution in [2.24, 2.45) is 5.92 Å². The van der Waals surface area contributed by atoms with Gasteiger partial charge >= 0.3 is 0 Å². The van der Waals surface area contributed by atoms with Crippen LogP contribution < -0.4 is 10.6 Å². The maximum atomic E-state index is 12.7. The van der Waals surface area contributed by atoms with Crippen molar-refractivity contribution in [3.05, 3.63) is 58.1 Å². The van der Waals surface area contributed by atoms with Crippen molar-refractivity contribution in [3.63, 3.8) is 0 Å². The van der Waals surface area contributed by atoms with Gasteiger partial charge in [-0.25, -0.2) is 0 Å². The number of halogens is 1. The fraction of sp³-hybridized carbons (Fsp3) is 0.333. The molecule has 1 aromatic rings. The zero-order valence-electron chi connectivity index (χ0n) is 15.6. The van der Waals surface area contributed by atoms with E-state index < -0.39 is 11.9 Å². The first-order chi connectivity index (χ1) is 13.9. The molecule has 29 heavy (non-hydrogen) atoms. The van der Waals surface area contributed by atoms with Gasteiger partial charge < -0.3 is 10.2 Å². The number of piperidine rings is 1. The van der Waals surface area contributed by atoms with E-state index in [1.807, 2.05) is 6.08 Å². The van der Waals surface area contributed by atoms with Crippen molar-refractivity contribution >= 4 is 35.2 Å². The SMILES string of the molecule is O=C1CCC(N2CC3CC(CNC(=O)c4ccccc4Cl)=CC=C3C2=O)C(=O)N1. The summed E-state index contributed by atoms with van der Waals surface area (Å²) in [6, 6.07) is 6.25. The van der Waals surface area contributed by atoms with E-state index in [9.17, 15) is 19.2 Å². The molecule has 2 unspecified atom stereocenters. The molecule has 1 aliphatic carbocycles. The predicted molar refractivity (Wildman–Crippen MR) is 106 cm³/mol. The molecule has 2 fully saturated rings. The molecule has 4 amide bonds. The van der Waals surface area contributed by atoms with Crippen LogP contribution in [0.25, 0.3) is 0 Å². The molecule has 8 heteroatoms. The Balaban J connectivity index is 1.38. The summed E-state index contributed by atoms with van der Waals surface area (Å²) in [4.78, 5) is 50.1. The molecule has 2 N–H and O–H groups in total. The Labute approximate surface area is 172 Å². The minimum Gasteiger partial charge on any atom is -0.348 e. The summed E-state index contributed by atoms with van der Waals surface area (Å²) in [5.41, 5.74) is 2.09. The smallest absolute Gasteiger partial charge is 0.253 e. The van der Waals surface area contributed by atoms with Crippen LogP contribution in [0, 0.1) is 5.92 Å². The van der Waals surface area contributed by atoms with Crippen LogP contribution >= 0.6 is 11.6 Å². The Morgan fingerprint density at radius 2 is 2.00 bits per heavy atom.